The number of aliphatic carboxylic acids is 1. The highest BCUT2D eigenvalue weighted by molar-refractivity contribution is 6.31. The Bertz CT molecular complexity index is 563. The minimum atomic E-state index is -1.09. The Morgan fingerprint density at radius 2 is 2.30 bits per heavy atom. The van der Waals surface area contributed by atoms with Gasteiger partial charge in [-0.3, -0.25) is 10.1 Å². The third-order valence-corrected chi connectivity index (χ3v) is 4.13. The van der Waals surface area contributed by atoms with E-state index in [9.17, 15) is 20.0 Å². The molecule has 1 aliphatic rings. The SMILES string of the molecule is CCC1(C(=O)O)CCCN1c1cc(Cl)ccc1[N+](=O)[O-]. The molecule has 20 heavy (non-hydrogen) atoms. The van der Waals surface area contributed by atoms with Crippen LogP contribution in [0.2, 0.25) is 5.02 Å². The summed E-state index contributed by atoms with van der Waals surface area (Å²) in [7, 11) is 0. The van der Waals surface area contributed by atoms with E-state index in [1.165, 1.54) is 18.2 Å². The smallest absolute Gasteiger partial charge is 0.329 e. The average molecular weight is 299 g/mol. The van der Waals surface area contributed by atoms with Crippen LogP contribution in [0.15, 0.2) is 18.2 Å². The molecule has 1 heterocycles. The minimum absolute atomic E-state index is 0.115. The fraction of sp³-hybridized carbons (Fsp3) is 0.462. The van der Waals surface area contributed by atoms with Gasteiger partial charge < -0.3 is 10.0 Å². The number of hydrogen-bond acceptors (Lipinski definition) is 4. The minimum Gasteiger partial charge on any atom is -0.479 e. The highest BCUT2D eigenvalue weighted by Gasteiger charge is 2.48. The molecule has 1 aromatic rings. The lowest BCUT2D eigenvalue weighted by Crippen LogP contribution is -2.50. The van der Waals surface area contributed by atoms with Gasteiger partial charge in [0, 0.05) is 17.6 Å². The molecule has 1 aliphatic heterocycles. The fourth-order valence-corrected chi connectivity index (χ4v) is 3.00. The quantitative estimate of drug-likeness (QED) is 0.682. The highest BCUT2D eigenvalue weighted by Crippen LogP contribution is 2.42. The van der Waals surface area contributed by atoms with Crippen LogP contribution >= 0.6 is 11.6 Å². The monoisotopic (exact) mass is 298 g/mol. The van der Waals surface area contributed by atoms with Crippen molar-refractivity contribution < 1.29 is 14.8 Å². The van der Waals surface area contributed by atoms with E-state index in [0.717, 1.165) is 0 Å². The molecule has 6 nitrogen and oxygen atoms in total. The first kappa shape index (κ1) is 14.6. The molecule has 1 fully saturated rings. The second-order valence-corrected chi connectivity index (χ2v) is 5.27. The molecule has 0 saturated carbocycles. The van der Waals surface area contributed by atoms with Crippen molar-refractivity contribution in [2.24, 2.45) is 0 Å². The lowest BCUT2D eigenvalue weighted by molar-refractivity contribution is -0.384. The maximum atomic E-state index is 11.7. The molecule has 1 atom stereocenters. The van der Waals surface area contributed by atoms with Crippen LogP contribution in [0.4, 0.5) is 11.4 Å². The van der Waals surface area contributed by atoms with Crippen LogP contribution in [0.1, 0.15) is 26.2 Å². The van der Waals surface area contributed by atoms with Crippen LogP contribution in [-0.2, 0) is 4.79 Å². The van der Waals surface area contributed by atoms with Crippen molar-refractivity contribution >= 4 is 28.9 Å². The van der Waals surface area contributed by atoms with Crippen molar-refractivity contribution in [3.05, 3.63) is 33.3 Å². The number of anilines is 1. The molecule has 1 saturated heterocycles. The Morgan fingerprint density at radius 3 is 2.85 bits per heavy atom. The maximum absolute atomic E-state index is 11.7. The van der Waals surface area contributed by atoms with Gasteiger partial charge >= 0.3 is 5.97 Å². The first-order chi connectivity index (χ1) is 9.42. The van der Waals surface area contributed by atoms with Gasteiger partial charge in [0.05, 0.1) is 4.92 Å². The first-order valence-corrected chi connectivity index (χ1v) is 6.75. The molecule has 0 radical (unpaired) electrons. The number of nitrogens with zero attached hydrogens (tertiary/aromatic N) is 2. The van der Waals surface area contributed by atoms with Crippen LogP contribution in [0.25, 0.3) is 0 Å². The summed E-state index contributed by atoms with van der Waals surface area (Å²) < 4.78 is 0. The Hall–Kier alpha value is -1.82. The molecule has 1 aromatic carbocycles. The van der Waals surface area contributed by atoms with Crippen molar-refractivity contribution in [1.82, 2.24) is 0 Å². The molecule has 7 heteroatoms. The Balaban J connectivity index is 2.57. The molecule has 0 bridgehead atoms. The largest absolute Gasteiger partial charge is 0.479 e. The average Bonchev–Trinajstić information content (AvgIpc) is 2.83. The summed E-state index contributed by atoms with van der Waals surface area (Å²) in [5.41, 5.74) is -0.922. The van der Waals surface area contributed by atoms with E-state index < -0.39 is 16.4 Å². The zero-order valence-corrected chi connectivity index (χ0v) is 11.8. The summed E-state index contributed by atoms with van der Waals surface area (Å²) in [6, 6.07) is 4.23. The van der Waals surface area contributed by atoms with Gasteiger partial charge in [0.1, 0.15) is 11.2 Å². The molecular weight excluding hydrogens is 284 g/mol. The standard InChI is InChI=1S/C13H15ClN2O4/c1-2-13(12(17)18)6-3-7-15(13)11-8-9(14)4-5-10(11)16(19)20/h4-5,8H,2-3,6-7H2,1H3,(H,17,18). The lowest BCUT2D eigenvalue weighted by Gasteiger charge is -2.35. The number of rotatable bonds is 4. The van der Waals surface area contributed by atoms with Gasteiger partial charge in [0.15, 0.2) is 0 Å². The van der Waals surface area contributed by atoms with Crippen molar-refractivity contribution in [2.45, 2.75) is 31.7 Å². The van der Waals surface area contributed by atoms with E-state index in [-0.39, 0.29) is 11.4 Å². The predicted octanol–water partition coefficient (Wildman–Crippen LogP) is 3.08. The number of carboxylic acids is 1. The number of nitro groups is 1. The summed E-state index contributed by atoms with van der Waals surface area (Å²) in [5.74, 6) is -0.952. The molecule has 0 aliphatic carbocycles. The molecule has 0 aromatic heterocycles. The van der Waals surface area contributed by atoms with Crippen LogP contribution < -0.4 is 4.90 Å². The Morgan fingerprint density at radius 1 is 1.60 bits per heavy atom. The Labute approximate surface area is 121 Å². The van der Waals surface area contributed by atoms with Crippen molar-refractivity contribution in [2.75, 3.05) is 11.4 Å². The zero-order chi connectivity index (χ0) is 14.9. The van der Waals surface area contributed by atoms with Gasteiger partial charge in [-0.1, -0.05) is 18.5 Å². The van der Waals surface area contributed by atoms with Gasteiger partial charge in [-0.2, -0.15) is 0 Å². The van der Waals surface area contributed by atoms with E-state index in [1.54, 1.807) is 11.8 Å². The molecular formula is C13H15ClN2O4. The third kappa shape index (κ3) is 2.20. The second-order valence-electron chi connectivity index (χ2n) is 4.84. The van der Waals surface area contributed by atoms with Gasteiger partial charge in [0.25, 0.3) is 5.69 Å². The number of carbonyl (C=O) groups is 1. The zero-order valence-electron chi connectivity index (χ0n) is 11.0. The molecule has 2 rings (SSSR count). The van der Waals surface area contributed by atoms with Crippen LogP contribution in [-0.4, -0.2) is 28.1 Å². The van der Waals surface area contributed by atoms with Gasteiger partial charge in [-0.05, 0) is 31.4 Å². The fourth-order valence-electron chi connectivity index (χ4n) is 2.84. The first-order valence-electron chi connectivity index (χ1n) is 6.37. The molecule has 0 amide bonds. The third-order valence-electron chi connectivity index (χ3n) is 3.90. The summed E-state index contributed by atoms with van der Waals surface area (Å²) in [6.07, 6.45) is 1.54. The highest BCUT2D eigenvalue weighted by atomic mass is 35.5. The number of hydrogen-bond donors (Lipinski definition) is 1. The molecule has 108 valence electrons. The van der Waals surface area contributed by atoms with Gasteiger partial charge in [-0.15, -0.1) is 0 Å². The topological polar surface area (TPSA) is 83.7 Å². The Kier molecular flexibility index (Phi) is 3.85. The van der Waals surface area contributed by atoms with Crippen LogP contribution in [0, 0.1) is 10.1 Å². The van der Waals surface area contributed by atoms with E-state index in [0.29, 0.717) is 30.8 Å². The lowest BCUT2D eigenvalue weighted by atomic mass is 9.92. The van der Waals surface area contributed by atoms with Crippen LogP contribution in [0.5, 0.6) is 0 Å². The molecule has 1 N–H and O–H groups in total. The summed E-state index contributed by atoms with van der Waals surface area (Å²) in [5, 5.41) is 21.1. The second kappa shape index (κ2) is 5.28. The summed E-state index contributed by atoms with van der Waals surface area (Å²) in [6.45, 7) is 2.25. The number of halogens is 1. The van der Waals surface area contributed by atoms with E-state index >= 15 is 0 Å². The normalized spacial score (nSPS) is 22.0. The van der Waals surface area contributed by atoms with E-state index in [1.807, 2.05) is 0 Å². The van der Waals surface area contributed by atoms with Crippen molar-refractivity contribution in [3.8, 4) is 0 Å². The van der Waals surface area contributed by atoms with E-state index in [2.05, 4.69) is 0 Å². The van der Waals surface area contributed by atoms with Crippen molar-refractivity contribution in [1.29, 1.82) is 0 Å². The van der Waals surface area contributed by atoms with Gasteiger partial charge in [0.2, 0.25) is 0 Å². The number of carboxylic acid groups (broad SMARTS) is 1. The predicted molar refractivity (Wildman–Crippen MR) is 75.3 cm³/mol. The summed E-state index contributed by atoms with van der Waals surface area (Å²) >= 11 is 5.92. The molecule has 0 spiro atoms. The number of benzene rings is 1. The van der Waals surface area contributed by atoms with Crippen molar-refractivity contribution in [3.63, 3.8) is 0 Å². The summed E-state index contributed by atoms with van der Waals surface area (Å²) in [4.78, 5) is 23.9. The van der Waals surface area contributed by atoms with E-state index in [4.69, 9.17) is 11.6 Å². The number of nitro benzene ring substituents is 1. The maximum Gasteiger partial charge on any atom is 0.329 e. The van der Waals surface area contributed by atoms with Gasteiger partial charge in [-0.25, -0.2) is 4.79 Å². The van der Waals surface area contributed by atoms with Crippen LogP contribution in [0.3, 0.4) is 0 Å². The molecule has 1 unspecified atom stereocenters.